The third kappa shape index (κ3) is 2.33. The molecule has 1 aromatic rings. The molecule has 4 nitrogen and oxygen atoms in total. The van der Waals surface area contributed by atoms with E-state index in [0.717, 1.165) is 30.0 Å². The molecule has 0 aromatic heterocycles. The lowest BCUT2D eigenvalue weighted by Crippen LogP contribution is -2.44. The standard InChI is InChI=1S/C15H18ClNO3/c1-19-13-4-2-3-11-6-12(9-20-15(11)13)17-8-10(7-16)5-14(17)18/h2-4,10,12H,5-9H2,1H3. The molecule has 1 aromatic carbocycles. The topological polar surface area (TPSA) is 38.8 Å². The summed E-state index contributed by atoms with van der Waals surface area (Å²) in [6.07, 6.45) is 1.37. The minimum absolute atomic E-state index is 0.107. The molecule has 0 radical (unpaired) electrons. The summed E-state index contributed by atoms with van der Waals surface area (Å²) in [6.45, 7) is 1.27. The van der Waals surface area contributed by atoms with Crippen molar-refractivity contribution in [2.24, 2.45) is 5.92 Å². The smallest absolute Gasteiger partial charge is 0.223 e. The van der Waals surface area contributed by atoms with Crippen molar-refractivity contribution in [1.29, 1.82) is 0 Å². The Bertz CT molecular complexity index is 520. The first-order valence-electron chi connectivity index (χ1n) is 6.87. The zero-order valence-corrected chi connectivity index (χ0v) is 12.2. The number of ether oxygens (including phenoxy) is 2. The molecule has 20 heavy (non-hydrogen) atoms. The Labute approximate surface area is 123 Å². The van der Waals surface area contributed by atoms with Crippen LogP contribution >= 0.6 is 11.6 Å². The number of alkyl halides is 1. The van der Waals surface area contributed by atoms with Gasteiger partial charge in [0.2, 0.25) is 5.91 Å². The van der Waals surface area contributed by atoms with Gasteiger partial charge in [-0.3, -0.25) is 4.79 Å². The normalized spacial score (nSPS) is 25.3. The van der Waals surface area contributed by atoms with E-state index in [9.17, 15) is 4.79 Å². The second-order valence-electron chi connectivity index (χ2n) is 5.39. The van der Waals surface area contributed by atoms with Gasteiger partial charge in [-0.2, -0.15) is 0 Å². The molecule has 2 atom stereocenters. The Balaban J connectivity index is 1.78. The third-order valence-electron chi connectivity index (χ3n) is 4.05. The molecule has 1 saturated heterocycles. The lowest BCUT2D eigenvalue weighted by atomic mass is 10.0. The molecule has 0 saturated carbocycles. The SMILES string of the molecule is COc1cccc2c1OCC(N1CC(CCl)CC1=O)C2. The van der Waals surface area contributed by atoms with E-state index in [1.165, 1.54) is 0 Å². The fourth-order valence-corrected chi connectivity index (χ4v) is 3.21. The van der Waals surface area contributed by atoms with E-state index >= 15 is 0 Å². The molecule has 5 heteroatoms. The first-order chi connectivity index (χ1) is 9.72. The van der Waals surface area contributed by atoms with Gasteiger partial charge in [0.1, 0.15) is 6.61 Å². The molecule has 3 rings (SSSR count). The average molecular weight is 296 g/mol. The van der Waals surface area contributed by atoms with Crippen LogP contribution in [0.2, 0.25) is 0 Å². The van der Waals surface area contributed by atoms with Crippen LogP contribution in [0.15, 0.2) is 18.2 Å². The number of fused-ring (bicyclic) bond motifs is 1. The van der Waals surface area contributed by atoms with Gasteiger partial charge in [-0.05, 0) is 18.4 Å². The Morgan fingerprint density at radius 2 is 2.30 bits per heavy atom. The predicted octanol–water partition coefficient (Wildman–Crippen LogP) is 2.09. The highest BCUT2D eigenvalue weighted by atomic mass is 35.5. The van der Waals surface area contributed by atoms with Crippen LogP contribution in [0.1, 0.15) is 12.0 Å². The Hall–Kier alpha value is -1.42. The molecular formula is C15H18ClNO3. The number of nitrogens with zero attached hydrogens (tertiary/aromatic N) is 1. The molecule has 0 spiro atoms. The molecule has 108 valence electrons. The number of carbonyl (C=O) groups is 1. The zero-order valence-electron chi connectivity index (χ0n) is 11.5. The van der Waals surface area contributed by atoms with Crippen molar-refractivity contribution >= 4 is 17.5 Å². The number of hydrogen-bond donors (Lipinski definition) is 0. The van der Waals surface area contributed by atoms with E-state index < -0.39 is 0 Å². The second-order valence-corrected chi connectivity index (χ2v) is 5.70. The van der Waals surface area contributed by atoms with Crippen LogP contribution < -0.4 is 9.47 Å². The Kier molecular flexibility index (Phi) is 3.74. The van der Waals surface area contributed by atoms with Gasteiger partial charge in [-0.25, -0.2) is 0 Å². The third-order valence-corrected chi connectivity index (χ3v) is 4.49. The average Bonchev–Trinajstić information content (AvgIpc) is 2.87. The molecule has 0 N–H and O–H groups in total. The monoisotopic (exact) mass is 295 g/mol. The summed E-state index contributed by atoms with van der Waals surface area (Å²) < 4.78 is 11.1. The minimum atomic E-state index is 0.107. The van der Waals surface area contributed by atoms with Gasteiger partial charge in [0.15, 0.2) is 11.5 Å². The van der Waals surface area contributed by atoms with Crippen molar-refractivity contribution in [2.75, 3.05) is 26.1 Å². The van der Waals surface area contributed by atoms with Gasteiger partial charge in [-0.15, -0.1) is 11.6 Å². The molecule has 1 fully saturated rings. The Morgan fingerprint density at radius 3 is 3.00 bits per heavy atom. The molecular weight excluding hydrogens is 278 g/mol. The highest BCUT2D eigenvalue weighted by molar-refractivity contribution is 6.18. The van der Waals surface area contributed by atoms with E-state index in [-0.39, 0.29) is 17.9 Å². The summed E-state index contributed by atoms with van der Waals surface area (Å²) in [7, 11) is 1.64. The molecule has 2 aliphatic rings. The number of carbonyl (C=O) groups excluding carboxylic acids is 1. The molecule has 2 unspecified atom stereocenters. The summed E-state index contributed by atoms with van der Waals surface area (Å²) in [4.78, 5) is 14.0. The molecule has 0 bridgehead atoms. The first kappa shape index (κ1) is 13.6. The Morgan fingerprint density at radius 1 is 1.45 bits per heavy atom. The fourth-order valence-electron chi connectivity index (χ4n) is 3.00. The van der Waals surface area contributed by atoms with Crippen LogP contribution in [0, 0.1) is 5.92 Å². The molecule has 2 aliphatic heterocycles. The van der Waals surface area contributed by atoms with Crippen LogP contribution in [0.3, 0.4) is 0 Å². The number of methoxy groups -OCH3 is 1. The maximum absolute atomic E-state index is 12.1. The predicted molar refractivity (Wildman–Crippen MR) is 76.5 cm³/mol. The summed E-state index contributed by atoms with van der Waals surface area (Å²) >= 11 is 5.87. The number of halogens is 1. The summed E-state index contributed by atoms with van der Waals surface area (Å²) in [5, 5.41) is 0. The van der Waals surface area contributed by atoms with Crippen molar-refractivity contribution in [3.8, 4) is 11.5 Å². The van der Waals surface area contributed by atoms with E-state index in [1.54, 1.807) is 7.11 Å². The molecule has 1 amide bonds. The van der Waals surface area contributed by atoms with Crippen LogP contribution in [0.4, 0.5) is 0 Å². The van der Waals surface area contributed by atoms with Gasteiger partial charge >= 0.3 is 0 Å². The van der Waals surface area contributed by atoms with Crippen LogP contribution in [0.25, 0.3) is 0 Å². The van der Waals surface area contributed by atoms with Crippen molar-refractivity contribution in [2.45, 2.75) is 18.9 Å². The summed E-state index contributed by atoms with van der Waals surface area (Å²) in [5.74, 6) is 2.57. The van der Waals surface area contributed by atoms with Gasteiger partial charge in [0.25, 0.3) is 0 Å². The lowest BCUT2D eigenvalue weighted by Gasteiger charge is -2.33. The van der Waals surface area contributed by atoms with Crippen LogP contribution in [-0.2, 0) is 11.2 Å². The number of rotatable bonds is 3. The number of amides is 1. The number of likely N-dealkylation sites (tertiary alicyclic amines) is 1. The van der Waals surface area contributed by atoms with Crippen molar-refractivity contribution in [3.05, 3.63) is 23.8 Å². The van der Waals surface area contributed by atoms with E-state index in [4.69, 9.17) is 21.1 Å². The second kappa shape index (κ2) is 5.52. The maximum atomic E-state index is 12.1. The van der Waals surface area contributed by atoms with Gasteiger partial charge < -0.3 is 14.4 Å². The number of hydrogen-bond acceptors (Lipinski definition) is 3. The zero-order chi connectivity index (χ0) is 14.1. The van der Waals surface area contributed by atoms with E-state index in [2.05, 4.69) is 0 Å². The lowest BCUT2D eigenvalue weighted by molar-refractivity contribution is -0.130. The summed E-state index contributed by atoms with van der Waals surface area (Å²) in [6, 6.07) is 5.99. The largest absolute Gasteiger partial charge is 0.493 e. The maximum Gasteiger partial charge on any atom is 0.223 e. The van der Waals surface area contributed by atoms with Crippen LogP contribution in [0.5, 0.6) is 11.5 Å². The van der Waals surface area contributed by atoms with Gasteiger partial charge in [0, 0.05) is 24.4 Å². The van der Waals surface area contributed by atoms with Gasteiger partial charge in [-0.1, -0.05) is 12.1 Å². The number of benzene rings is 1. The van der Waals surface area contributed by atoms with Crippen molar-refractivity contribution in [3.63, 3.8) is 0 Å². The summed E-state index contributed by atoms with van der Waals surface area (Å²) in [5.41, 5.74) is 1.10. The van der Waals surface area contributed by atoms with Crippen LogP contribution in [-0.4, -0.2) is 43.0 Å². The van der Waals surface area contributed by atoms with Crippen molar-refractivity contribution in [1.82, 2.24) is 4.90 Å². The molecule has 0 aliphatic carbocycles. The highest BCUT2D eigenvalue weighted by Gasteiger charge is 2.36. The fraction of sp³-hybridized carbons (Fsp3) is 0.533. The quantitative estimate of drug-likeness (QED) is 0.802. The van der Waals surface area contributed by atoms with Gasteiger partial charge in [0.05, 0.1) is 13.2 Å². The molecule has 2 heterocycles. The van der Waals surface area contributed by atoms with E-state index in [1.807, 2.05) is 23.1 Å². The van der Waals surface area contributed by atoms with E-state index in [0.29, 0.717) is 18.9 Å². The highest BCUT2D eigenvalue weighted by Crippen LogP contribution is 2.36. The number of para-hydroxylation sites is 1. The van der Waals surface area contributed by atoms with Crippen molar-refractivity contribution < 1.29 is 14.3 Å². The minimum Gasteiger partial charge on any atom is -0.493 e. The first-order valence-corrected chi connectivity index (χ1v) is 7.40.